The molecule has 0 radical (unpaired) electrons. The molecule has 1 saturated heterocycles. The van der Waals surface area contributed by atoms with E-state index < -0.39 is 11.5 Å². The van der Waals surface area contributed by atoms with Gasteiger partial charge in [-0.3, -0.25) is 0 Å². The summed E-state index contributed by atoms with van der Waals surface area (Å²) in [5, 5.41) is 9.01. The Hall–Kier alpha value is -2.20. The average Bonchev–Trinajstić information content (AvgIpc) is 3.10. The minimum atomic E-state index is -1.26. The molecule has 6 heteroatoms. The number of nitrogens with zero attached hydrogens (tertiary/aromatic N) is 3. The van der Waals surface area contributed by atoms with Crippen LogP contribution in [0.1, 0.15) is 12.0 Å². The fourth-order valence-corrected chi connectivity index (χ4v) is 4.53. The van der Waals surface area contributed by atoms with Crippen molar-refractivity contribution in [3.63, 3.8) is 0 Å². The molecule has 0 bridgehead atoms. The summed E-state index contributed by atoms with van der Waals surface area (Å²) in [6.45, 7) is 2.05. The monoisotopic (exact) mass is 338 g/mol. The maximum absolute atomic E-state index is 12.6. The number of nitrogens with one attached hydrogen (secondary N) is 1. The normalized spacial score (nSPS) is 23.4. The summed E-state index contributed by atoms with van der Waals surface area (Å²) < 4.78 is 17.7. The molecule has 2 aliphatic heterocycles. The van der Waals surface area contributed by atoms with Gasteiger partial charge in [0.25, 0.3) is 0 Å². The molecule has 5 nitrogen and oxygen atoms in total. The molecule has 122 valence electrons. The van der Waals surface area contributed by atoms with Crippen LogP contribution in [-0.2, 0) is 18.1 Å². The Labute approximate surface area is 144 Å². The van der Waals surface area contributed by atoms with Crippen LogP contribution in [0.4, 0.5) is 5.69 Å². The van der Waals surface area contributed by atoms with Gasteiger partial charge in [-0.2, -0.15) is 9.98 Å². The van der Waals surface area contributed by atoms with Crippen LogP contribution in [0.2, 0.25) is 0 Å². The zero-order valence-corrected chi connectivity index (χ0v) is 14.0. The SMILES string of the molecule is N#CN1CCC(N2Cc3ccc(-c4ccccc4)cc3N[S+]2[O-])C1. The molecular formula is C18H18N4OS. The van der Waals surface area contributed by atoms with E-state index in [-0.39, 0.29) is 6.04 Å². The van der Waals surface area contributed by atoms with Crippen molar-refractivity contribution in [3.05, 3.63) is 54.1 Å². The molecule has 1 N–H and O–H groups in total. The molecule has 0 saturated carbocycles. The molecule has 0 aromatic heterocycles. The van der Waals surface area contributed by atoms with Crippen LogP contribution in [-0.4, -0.2) is 32.9 Å². The third-order valence-corrected chi connectivity index (χ3v) is 5.91. The van der Waals surface area contributed by atoms with Gasteiger partial charge >= 0.3 is 0 Å². The van der Waals surface area contributed by atoms with Crippen molar-refractivity contribution in [1.29, 1.82) is 5.26 Å². The number of likely N-dealkylation sites (tertiary alicyclic amines) is 1. The zero-order chi connectivity index (χ0) is 16.5. The summed E-state index contributed by atoms with van der Waals surface area (Å²) in [5.74, 6) is 0. The van der Waals surface area contributed by atoms with E-state index in [1.165, 1.54) is 0 Å². The molecule has 2 aromatic carbocycles. The second-order valence-corrected chi connectivity index (χ2v) is 7.32. The van der Waals surface area contributed by atoms with E-state index >= 15 is 0 Å². The van der Waals surface area contributed by atoms with Crippen molar-refractivity contribution >= 4 is 17.2 Å². The van der Waals surface area contributed by atoms with Gasteiger partial charge in [0.15, 0.2) is 17.7 Å². The number of hydrogen-bond donors (Lipinski definition) is 1. The Morgan fingerprint density at radius 3 is 2.75 bits per heavy atom. The van der Waals surface area contributed by atoms with Crippen molar-refractivity contribution < 1.29 is 4.55 Å². The Kier molecular flexibility index (Phi) is 4.07. The van der Waals surface area contributed by atoms with Crippen LogP contribution >= 0.6 is 0 Å². The second kappa shape index (κ2) is 6.36. The van der Waals surface area contributed by atoms with E-state index in [0.717, 1.165) is 35.3 Å². The lowest BCUT2D eigenvalue weighted by Gasteiger charge is -2.33. The van der Waals surface area contributed by atoms with E-state index in [1.807, 2.05) is 22.5 Å². The highest BCUT2D eigenvalue weighted by molar-refractivity contribution is 7.90. The Balaban J connectivity index is 1.57. The lowest BCUT2D eigenvalue weighted by atomic mass is 10.0. The van der Waals surface area contributed by atoms with Gasteiger partial charge in [0, 0.05) is 13.1 Å². The van der Waals surface area contributed by atoms with Crippen molar-refractivity contribution in [1.82, 2.24) is 9.21 Å². The number of benzene rings is 2. The topological polar surface area (TPSA) is 65.4 Å². The minimum absolute atomic E-state index is 0.153. The lowest BCUT2D eigenvalue weighted by Crippen LogP contribution is -2.46. The molecule has 2 unspecified atom stereocenters. The largest absolute Gasteiger partial charge is 0.573 e. The molecule has 2 heterocycles. The van der Waals surface area contributed by atoms with Crippen LogP contribution in [0.3, 0.4) is 0 Å². The summed E-state index contributed by atoms with van der Waals surface area (Å²) in [7, 11) is 0. The fraction of sp³-hybridized carbons (Fsp3) is 0.278. The Bertz CT molecular complexity index is 776. The fourth-order valence-electron chi connectivity index (χ4n) is 3.33. The molecule has 0 aliphatic carbocycles. The smallest absolute Gasteiger partial charge is 0.179 e. The molecule has 4 rings (SSSR count). The first-order valence-corrected chi connectivity index (χ1v) is 9.13. The van der Waals surface area contributed by atoms with Crippen molar-refractivity contribution in [3.8, 4) is 17.3 Å². The van der Waals surface area contributed by atoms with E-state index in [9.17, 15) is 4.55 Å². The molecule has 2 aliphatic rings. The average molecular weight is 338 g/mol. The van der Waals surface area contributed by atoms with E-state index in [2.05, 4.69) is 41.2 Å². The molecule has 0 amide bonds. The summed E-state index contributed by atoms with van der Waals surface area (Å²) >= 11 is -1.26. The van der Waals surface area contributed by atoms with E-state index in [0.29, 0.717) is 13.1 Å². The predicted molar refractivity (Wildman–Crippen MR) is 94.8 cm³/mol. The van der Waals surface area contributed by atoms with Gasteiger partial charge in [-0.05, 0) is 29.2 Å². The van der Waals surface area contributed by atoms with Gasteiger partial charge in [0.1, 0.15) is 0 Å². The highest BCUT2D eigenvalue weighted by Gasteiger charge is 2.38. The standard InChI is InChI=1S/C18H18N4OS/c19-13-21-9-8-17(12-21)22-11-16-7-6-15(10-18(16)20-24(22)23)14-4-2-1-3-5-14/h1-7,10,17,20H,8-9,11-12H2. The van der Waals surface area contributed by atoms with Gasteiger partial charge in [0.2, 0.25) is 0 Å². The van der Waals surface area contributed by atoms with Crippen molar-refractivity contribution in [2.75, 3.05) is 17.8 Å². The van der Waals surface area contributed by atoms with Crippen LogP contribution in [0.25, 0.3) is 11.1 Å². The van der Waals surface area contributed by atoms with Crippen LogP contribution in [0.5, 0.6) is 0 Å². The maximum Gasteiger partial charge on any atom is 0.179 e. The highest BCUT2D eigenvalue weighted by Crippen LogP contribution is 2.33. The quantitative estimate of drug-likeness (QED) is 0.674. The van der Waals surface area contributed by atoms with Crippen LogP contribution < -0.4 is 4.72 Å². The van der Waals surface area contributed by atoms with Gasteiger partial charge in [-0.15, -0.1) is 0 Å². The molecular weight excluding hydrogens is 320 g/mol. The molecule has 1 fully saturated rings. The van der Waals surface area contributed by atoms with Crippen LogP contribution in [0.15, 0.2) is 48.5 Å². The zero-order valence-electron chi connectivity index (χ0n) is 13.2. The first-order chi connectivity index (χ1) is 11.7. The minimum Gasteiger partial charge on any atom is -0.573 e. The summed E-state index contributed by atoms with van der Waals surface area (Å²) in [6.07, 6.45) is 3.05. The number of hydrogen-bond acceptors (Lipinski definition) is 5. The van der Waals surface area contributed by atoms with E-state index in [1.54, 1.807) is 4.90 Å². The molecule has 0 spiro atoms. The Morgan fingerprint density at radius 2 is 2.00 bits per heavy atom. The first kappa shape index (κ1) is 15.3. The van der Waals surface area contributed by atoms with Crippen molar-refractivity contribution in [2.45, 2.75) is 19.0 Å². The molecule has 24 heavy (non-hydrogen) atoms. The third kappa shape index (κ3) is 2.82. The third-order valence-electron chi connectivity index (χ3n) is 4.67. The summed E-state index contributed by atoms with van der Waals surface area (Å²) in [5.41, 5.74) is 4.34. The first-order valence-electron chi connectivity index (χ1n) is 8.03. The van der Waals surface area contributed by atoms with Crippen molar-refractivity contribution in [2.24, 2.45) is 0 Å². The second-order valence-electron chi connectivity index (χ2n) is 6.15. The van der Waals surface area contributed by atoms with Gasteiger partial charge in [-0.1, -0.05) is 46.8 Å². The van der Waals surface area contributed by atoms with Crippen LogP contribution in [0, 0.1) is 11.5 Å². The summed E-state index contributed by atoms with van der Waals surface area (Å²) in [4.78, 5) is 1.73. The molecule has 2 atom stereocenters. The predicted octanol–water partition coefficient (Wildman–Crippen LogP) is 2.72. The van der Waals surface area contributed by atoms with Gasteiger partial charge in [0.05, 0.1) is 18.3 Å². The lowest BCUT2D eigenvalue weighted by molar-refractivity contribution is 0.313. The molecule has 2 aromatic rings. The van der Waals surface area contributed by atoms with Gasteiger partial charge < -0.3 is 9.45 Å². The maximum atomic E-state index is 12.6. The highest BCUT2D eigenvalue weighted by atomic mass is 32.2. The number of fused-ring (bicyclic) bond motifs is 1. The number of anilines is 1. The Morgan fingerprint density at radius 1 is 1.17 bits per heavy atom. The summed E-state index contributed by atoms with van der Waals surface area (Å²) in [6, 6.07) is 16.6. The number of rotatable bonds is 2. The van der Waals surface area contributed by atoms with Gasteiger partial charge in [-0.25, -0.2) is 0 Å². The number of nitriles is 1. The van der Waals surface area contributed by atoms with E-state index in [4.69, 9.17) is 5.26 Å².